The lowest BCUT2D eigenvalue weighted by Gasteiger charge is -2.34. The van der Waals surface area contributed by atoms with E-state index < -0.39 is 9.84 Å². The Balaban J connectivity index is 2.35. The van der Waals surface area contributed by atoms with E-state index in [1.165, 1.54) is 0 Å². The van der Waals surface area contributed by atoms with Crippen LogP contribution in [0, 0.1) is 5.92 Å². The molecular weight excluding hydrogens is 262 g/mol. The van der Waals surface area contributed by atoms with Crippen molar-refractivity contribution in [3.05, 3.63) is 24.3 Å². The van der Waals surface area contributed by atoms with Crippen LogP contribution in [0.5, 0.6) is 0 Å². The molecule has 1 saturated heterocycles. The molecule has 106 valence electrons. The average molecular weight is 283 g/mol. The monoisotopic (exact) mass is 283 g/mol. The van der Waals surface area contributed by atoms with E-state index >= 15 is 0 Å². The summed E-state index contributed by atoms with van der Waals surface area (Å²) in [7, 11) is -3.21. The fraction of sp³-hybridized carbons (Fsp3) is 0.571. The van der Waals surface area contributed by atoms with Crippen LogP contribution in [-0.2, 0) is 9.84 Å². The number of anilines is 1. The Kier molecular flexibility index (Phi) is 4.47. The predicted octanol–water partition coefficient (Wildman–Crippen LogP) is 1.69. The number of aliphatic hydroxyl groups is 1. The number of para-hydroxylation sites is 1. The molecule has 0 saturated carbocycles. The number of rotatable bonds is 4. The van der Waals surface area contributed by atoms with E-state index in [0.29, 0.717) is 4.90 Å². The Bertz CT molecular complexity index is 527. The molecule has 0 amide bonds. The minimum atomic E-state index is -3.21. The summed E-state index contributed by atoms with van der Waals surface area (Å²) in [6, 6.07) is 7.17. The zero-order valence-corrected chi connectivity index (χ0v) is 12.1. The molecular formula is C14H21NO3S. The number of nitrogens with zero attached hydrogens (tertiary/aromatic N) is 1. The molecule has 19 heavy (non-hydrogen) atoms. The summed E-state index contributed by atoms with van der Waals surface area (Å²) in [6.45, 7) is 3.41. The summed E-state index contributed by atoms with van der Waals surface area (Å²) >= 11 is 0. The van der Waals surface area contributed by atoms with Gasteiger partial charge in [0.05, 0.1) is 16.3 Å². The Hall–Kier alpha value is -1.07. The first-order chi connectivity index (χ1) is 9.08. The lowest BCUT2D eigenvalue weighted by atomic mass is 9.98. The molecule has 1 fully saturated rings. The maximum Gasteiger partial charge on any atom is 0.180 e. The average Bonchev–Trinajstić information content (AvgIpc) is 2.47. The normalized spacial score (nSPS) is 20.5. The van der Waals surface area contributed by atoms with Crippen LogP contribution >= 0.6 is 0 Å². The lowest BCUT2D eigenvalue weighted by molar-refractivity contribution is 0.208. The first kappa shape index (κ1) is 14.3. The molecule has 0 spiro atoms. The van der Waals surface area contributed by atoms with Gasteiger partial charge in [-0.3, -0.25) is 0 Å². The minimum absolute atomic E-state index is 0.112. The second-order valence-corrected chi connectivity index (χ2v) is 7.25. The molecule has 2 rings (SSSR count). The van der Waals surface area contributed by atoms with Crippen molar-refractivity contribution in [1.29, 1.82) is 0 Å². The molecule has 4 nitrogen and oxygen atoms in total. The SMILES string of the molecule is CCS(=O)(=O)c1ccccc1N1CCCC(CO)C1. The predicted molar refractivity (Wildman–Crippen MR) is 76.2 cm³/mol. The largest absolute Gasteiger partial charge is 0.396 e. The Morgan fingerprint density at radius 1 is 1.37 bits per heavy atom. The van der Waals surface area contributed by atoms with Crippen LogP contribution in [0.4, 0.5) is 5.69 Å². The smallest absolute Gasteiger partial charge is 0.180 e. The van der Waals surface area contributed by atoms with Crippen LogP contribution in [0.15, 0.2) is 29.2 Å². The fourth-order valence-electron chi connectivity index (χ4n) is 2.57. The summed E-state index contributed by atoms with van der Waals surface area (Å²) in [5.74, 6) is 0.354. The first-order valence-electron chi connectivity index (χ1n) is 6.76. The third kappa shape index (κ3) is 3.09. The second-order valence-electron chi connectivity index (χ2n) is 5.01. The molecule has 1 atom stereocenters. The molecule has 1 aromatic carbocycles. The van der Waals surface area contributed by atoms with Gasteiger partial charge in [0.25, 0.3) is 0 Å². The van der Waals surface area contributed by atoms with Gasteiger partial charge in [0.1, 0.15) is 0 Å². The maximum absolute atomic E-state index is 12.1. The number of benzene rings is 1. The van der Waals surface area contributed by atoms with Gasteiger partial charge in [0.15, 0.2) is 9.84 Å². The van der Waals surface area contributed by atoms with E-state index in [2.05, 4.69) is 4.90 Å². The lowest BCUT2D eigenvalue weighted by Crippen LogP contribution is -2.37. The zero-order chi connectivity index (χ0) is 13.9. The van der Waals surface area contributed by atoms with Gasteiger partial charge in [0, 0.05) is 19.7 Å². The van der Waals surface area contributed by atoms with Gasteiger partial charge in [-0.15, -0.1) is 0 Å². The van der Waals surface area contributed by atoms with E-state index in [1.54, 1.807) is 19.1 Å². The first-order valence-corrected chi connectivity index (χ1v) is 8.41. The van der Waals surface area contributed by atoms with Crippen LogP contribution < -0.4 is 4.90 Å². The third-order valence-electron chi connectivity index (χ3n) is 3.70. The highest BCUT2D eigenvalue weighted by atomic mass is 32.2. The van der Waals surface area contributed by atoms with Crippen molar-refractivity contribution < 1.29 is 13.5 Å². The number of sulfone groups is 1. The van der Waals surface area contributed by atoms with E-state index in [-0.39, 0.29) is 18.3 Å². The summed E-state index contributed by atoms with van der Waals surface area (Å²) < 4.78 is 24.3. The molecule has 1 aliphatic heterocycles. The van der Waals surface area contributed by atoms with Crippen molar-refractivity contribution in [3.8, 4) is 0 Å². The van der Waals surface area contributed by atoms with Crippen LogP contribution in [-0.4, -0.2) is 39.0 Å². The highest BCUT2D eigenvalue weighted by Gasteiger charge is 2.24. The van der Waals surface area contributed by atoms with Crippen LogP contribution in [0.1, 0.15) is 19.8 Å². The molecule has 1 aromatic rings. The fourth-order valence-corrected chi connectivity index (χ4v) is 3.68. The number of piperidine rings is 1. The molecule has 0 aromatic heterocycles. The molecule has 5 heteroatoms. The standard InChI is InChI=1S/C14H21NO3S/c1-2-19(17,18)14-8-4-3-7-13(14)15-9-5-6-12(10-15)11-16/h3-4,7-8,12,16H,2,5-6,9-11H2,1H3. The molecule has 1 unspecified atom stereocenters. The van der Waals surface area contributed by atoms with Crippen molar-refractivity contribution in [3.63, 3.8) is 0 Å². The van der Waals surface area contributed by atoms with Gasteiger partial charge in [-0.05, 0) is 30.9 Å². The van der Waals surface area contributed by atoms with Gasteiger partial charge in [-0.2, -0.15) is 0 Å². The Morgan fingerprint density at radius 3 is 2.79 bits per heavy atom. The van der Waals surface area contributed by atoms with E-state index in [4.69, 9.17) is 0 Å². The van der Waals surface area contributed by atoms with Crippen molar-refractivity contribution in [2.45, 2.75) is 24.7 Å². The molecule has 0 bridgehead atoms. The number of hydrogen-bond acceptors (Lipinski definition) is 4. The van der Waals surface area contributed by atoms with Crippen molar-refractivity contribution >= 4 is 15.5 Å². The summed E-state index contributed by atoms with van der Waals surface area (Å²) in [5, 5.41) is 9.29. The highest BCUT2D eigenvalue weighted by Crippen LogP contribution is 2.29. The van der Waals surface area contributed by atoms with Crippen molar-refractivity contribution in [2.24, 2.45) is 5.92 Å². The molecule has 0 radical (unpaired) electrons. The van der Waals surface area contributed by atoms with Crippen LogP contribution in [0.25, 0.3) is 0 Å². The number of hydrogen-bond donors (Lipinski definition) is 1. The molecule has 1 N–H and O–H groups in total. The van der Waals surface area contributed by atoms with Crippen molar-refractivity contribution in [2.75, 3.05) is 30.3 Å². The van der Waals surface area contributed by atoms with Gasteiger partial charge in [0.2, 0.25) is 0 Å². The zero-order valence-electron chi connectivity index (χ0n) is 11.2. The van der Waals surface area contributed by atoms with Gasteiger partial charge < -0.3 is 10.0 Å². The van der Waals surface area contributed by atoms with E-state index in [1.807, 2.05) is 12.1 Å². The summed E-state index contributed by atoms with van der Waals surface area (Å²) in [6.07, 6.45) is 2.00. The minimum Gasteiger partial charge on any atom is -0.396 e. The third-order valence-corrected chi connectivity index (χ3v) is 5.47. The molecule has 1 heterocycles. The highest BCUT2D eigenvalue weighted by molar-refractivity contribution is 7.91. The summed E-state index contributed by atoms with van der Waals surface area (Å²) in [5.41, 5.74) is 0.780. The van der Waals surface area contributed by atoms with E-state index in [9.17, 15) is 13.5 Å². The molecule has 1 aliphatic rings. The van der Waals surface area contributed by atoms with Gasteiger partial charge in [-0.1, -0.05) is 19.1 Å². The van der Waals surface area contributed by atoms with Crippen molar-refractivity contribution in [1.82, 2.24) is 0 Å². The number of aliphatic hydroxyl groups excluding tert-OH is 1. The Morgan fingerprint density at radius 2 is 2.11 bits per heavy atom. The maximum atomic E-state index is 12.1. The quantitative estimate of drug-likeness (QED) is 0.913. The molecule has 0 aliphatic carbocycles. The Labute approximate surface area is 115 Å². The second kappa shape index (κ2) is 5.92. The summed E-state index contributed by atoms with van der Waals surface area (Å²) in [4.78, 5) is 2.50. The topological polar surface area (TPSA) is 57.6 Å². The van der Waals surface area contributed by atoms with E-state index in [0.717, 1.165) is 31.6 Å². The van der Waals surface area contributed by atoms with Crippen LogP contribution in [0.2, 0.25) is 0 Å². The van der Waals surface area contributed by atoms with Crippen LogP contribution in [0.3, 0.4) is 0 Å². The van der Waals surface area contributed by atoms with Gasteiger partial charge in [-0.25, -0.2) is 8.42 Å². The van der Waals surface area contributed by atoms with Gasteiger partial charge >= 0.3 is 0 Å².